The fourth-order valence-corrected chi connectivity index (χ4v) is 3.27. The molecule has 4 rings (SSSR count). The second kappa shape index (κ2) is 7.07. The summed E-state index contributed by atoms with van der Waals surface area (Å²) in [6.45, 7) is 4.43. The summed E-state index contributed by atoms with van der Waals surface area (Å²) in [4.78, 5) is 20.1. The van der Waals surface area contributed by atoms with Gasteiger partial charge in [0.05, 0.1) is 29.5 Å². The van der Waals surface area contributed by atoms with Crippen LogP contribution >= 0.6 is 0 Å². The average molecular weight is 359 g/mol. The van der Waals surface area contributed by atoms with Gasteiger partial charge in [-0.3, -0.25) is 4.79 Å². The molecule has 0 aliphatic heterocycles. The highest BCUT2D eigenvalue weighted by molar-refractivity contribution is 6.00. The van der Waals surface area contributed by atoms with Crippen LogP contribution in [0.15, 0.2) is 60.0 Å². The Morgan fingerprint density at radius 1 is 1.26 bits per heavy atom. The Bertz CT molecular complexity index is 1140. The number of hydrogen-bond acceptors (Lipinski definition) is 3. The molecule has 2 heterocycles. The van der Waals surface area contributed by atoms with Gasteiger partial charge in [0.25, 0.3) is 0 Å². The first-order chi connectivity index (χ1) is 13.1. The maximum Gasteiger partial charge on any atom is 0.244 e. The number of hydrazone groups is 1. The van der Waals surface area contributed by atoms with E-state index in [1.807, 2.05) is 66.9 Å². The van der Waals surface area contributed by atoms with Crippen molar-refractivity contribution >= 4 is 34.1 Å². The van der Waals surface area contributed by atoms with E-state index in [4.69, 9.17) is 0 Å². The van der Waals surface area contributed by atoms with Gasteiger partial charge in [0.2, 0.25) is 5.91 Å². The standard InChI is InChI=1S/C21H21N5O/c1-14(12-26-13-22-19-9-5-6-10-20(19)26)21(27)25-23-11-17-15(2)24-18-8-4-3-7-16(17)18/h3-11,13-14,24H,12H2,1-2H3,(H,25,27). The highest BCUT2D eigenvalue weighted by Crippen LogP contribution is 2.20. The van der Waals surface area contributed by atoms with Crippen molar-refractivity contribution in [1.82, 2.24) is 20.0 Å². The molecule has 2 aromatic carbocycles. The largest absolute Gasteiger partial charge is 0.358 e. The second-order valence-electron chi connectivity index (χ2n) is 6.73. The van der Waals surface area contributed by atoms with E-state index in [1.165, 1.54) is 0 Å². The molecule has 0 aliphatic rings. The van der Waals surface area contributed by atoms with Crippen LogP contribution in [-0.2, 0) is 11.3 Å². The summed E-state index contributed by atoms with van der Waals surface area (Å²) in [6.07, 6.45) is 3.47. The summed E-state index contributed by atoms with van der Waals surface area (Å²) < 4.78 is 1.99. The van der Waals surface area contributed by atoms with E-state index in [2.05, 4.69) is 20.5 Å². The number of imidazole rings is 1. The molecule has 0 saturated carbocycles. The van der Waals surface area contributed by atoms with Gasteiger partial charge in [0, 0.05) is 28.7 Å². The van der Waals surface area contributed by atoms with Crippen molar-refractivity contribution in [3.05, 3.63) is 66.1 Å². The molecule has 6 nitrogen and oxygen atoms in total. The number of aromatic nitrogens is 3. The van der Waals surface area contributed by atoms with E-state index in [-0.39, 0.29) is 11.8 Å². The molecule has 4 aromatic rings. The Morgan fingerprint density at radius 3 is 2.93 bits per heavy atom. The predicted molar refractivity (Wildman–Crippen MR) is 108 cm³/mol. The Morgan fingerprint density at radius 2 is 2.04 bits per heavy atom. The fraction of sp³-hybridized carbons (Fsp3) is 0.190. The molecule has 0 aliphatic carbocycles. The normalized spacial score (nSPS) is 12.8. The van der Waals surface area contributed by atoms with Crippen LogP contribution in [0.4, 0.5) is 0 Å². The first-order valence-electron chi connectivity index (χ1n) is 8.93. The maximum absolute atomic E-state index is 12.4. The van der Waals surface area contributed by atoms with Crippen molar-refractivity contribution in [3.63, 3.8) is 0 Å². The number of aromatic amines is 1. The lowest BCUT2D eigenvalue weighted by Gasteiger charge is -2.11. The van der Waals surface area contributed by atoms with Gasteiger partial charge in [0.15, 0.2) is 0 Å². The molecule has 6 heteroatoms. The molecule has 0 bridgehead atoms. The average Bonchev–Trinajstić information content (AvgIpc) is 3.22. The van der Waals surface area contributed by atoms with Crippen molar-refractivity contribution in [2.45, 2.75) is 20.4 Å². The first-order valence-corrected chi connectivity index (χ1v) is 8.93. The van der Waals surface area contributed by atoms with Crippen molar-refractivity contribution in [2.24, 2.45) is 11.0 Å². The molecule has 0 saturated heterocycles. The van der Waals surface area contributed by atoms with Gasteiger partial charge >= 0.3 is 0 Å². The third-order valence-electron chi connectivity index (χ3n) is 4.76. The summed E-state index contributed by atoms with van der Waals surface area (Å²) in [6, 6.07) is 15.9. The number of aryl methyl sites for hydroxylation is 1. The Balaban J connectivity index is 1.44. The lowest BCUT2D eigenvalue weighted by molar-refractivity contribution is -0.124. The van der Waals surface area contributed by atoms with Gasteiger partial charge in [-0.1, -0.05) is 37.3 Å². The topological polar surface area (TPSA) is 75.1 Å². The zero-order chi connectivity index (χ0) is 18.8. The predicted octanol–water partition coefficient (Wildman–Crippen LogP) is 3.61. The Hall–Kier alpha value is -3.41. The van der Waals surface area contributed by atoms with E-state index in [0.29, 0.717) is 6.54 Å². The number of H-pyrrole nitrogens is 1. The quantitative estimate of drug-likeness (QED) is 0.422. The minimum Gasteiger partial charge on any atom is -0.358 e. The minimum atomic E-state index is -0.233. The number of amides is 1. The highest BCUT2D eigenvalue weighted by Gasteiger charge is 2.14. The van der Waals surface area contributed by atoms with Crippen LogP contribution in [0.1, 0.15) is 18.2 Å². The van der Waals surface area contributed by atoms with Gasteiger partial charge in [-0.2, -0.15) is 5.10 Å². The van der Waals surface area contributed by atoms with Gasteiger partial charge in [-0.15, -0.1) is 0 Å². The van der Waals surface area contributed by atoms with Crippen molar-refractivity contribution < 1.29 is 4.79 Å². The van der Waals surface area contributed by atoms with Crippen LogP contribution in [0.5, 0.6) is 0 Å². The number of nitrogens with zero attached hydrogens (tertiary/aromatic N) is 3. The summed E-state index contributed by atoms with van der Waals surface area (Å²) in [5, 5.41) is 5.26. The lowest BCUT2D eigenvalue weighted by Crippen LogP contribution is -2.28. The molecule has 0 spiro atoms. The number of carbonyl (C=O) groups excluding carboxylic acids is 1. The van der Waals surface area contributed by atoms with Crippen molar-refractivity contribution in [2.75, 3.05) is 0 Å². The van der Waals surface area contributed by atoms with E-state index >= 15 is 0 Å². The molecule has 0 radical (unpaired) electrons. The zero-order valence-electron chi connectivity index (χ0n) is 15.3. The SMILES string of the molecule is Cc1[nH]c2ccccc2c1C=NNC(=O)C(C)Cn1cnc2ccccc21. The lowest BCUT2D eigenvalue weighted by atomic mass is 10.1. The van der Waals surface area contributed by atoms with E-state index in [9.17, 15) is 4.79 Å². The number of fused-ring (bicyclic) bond motifs is 2. The Kier molecular flexibility index (Phi) is 4.46. The monoisotopic (exact) mass is 359 g/mol. The van der Waals surface area contributed by atoms with E-state index < -0.39 is 0 Å². The molecule has 2 aromatic heterocycles. The van der Waals surface area contributed by atoms with E-state index in [1.54, 1.807) is 12.5 Å². The maximum atomic E-state index is 12.4. The molecule has 2 N–H and O–H groups in total. The molecular formula is C21H21N5O. The molecular weight excluding hydrogens is 338 g/mol. The van der Waals surface area contributed by atoms with Gasteiger partial charge < -0.3 is 9.55 Å². The number of rotatable bonds is 5. The Labute approximate surface area is 156 Å². The van der Waals surface area contributed by atoms with Crippen LogP contribution in [-0.4, -0.2) is 26.7 Å². The van der Waals surface area contributed by atoms with E-state index in [0.717, 1.165) is 33.2 Å². The summed E-state index contributed by atoms with van der Waals surface area (Å²) >= 11 is 0. The fourth-order valence-electron chi connectivity index (χ4n) is 3.27. The molecule has 136 valence electrons. The summed E-state index contributed by atoms with van der Waals surface area (Å²) in [7, 11) is 0. The number of hydrogen-bond donors (Lipinski definition) is 2. The molecule has 0 fully saturated rings. The van der Waals surface area contributed by atoms with Crippen LogP contribution in [0.25, 0.3) is 21.9 Å². The zero-order valence-corrected chi connectivity index (χ0v) is 15.3. The number of para-hydroxylation sites is 3. The smallest absolute Gasteiger partial charge is 0.244 e. The van der Waals surface area contributed by atoms with Gasteiger partial charge in [-0.05, 0) is 25.1 Å². The number of nitrogens with one attached hydrogen (secondary N) is 2. The van der Waals surface area contributed by atoms with Crippen LogP contribution in [0.3, 0.4) is 0 Å². The molecule has 1 unspecified atom stereocenters. The third kappa shape index (κ3) is 3.33. The minimum absolute atomic E-state index is 0.124. The van der Waals surface area contributed by atoms with Crippen LogP contribution < -0.4 is 5.43 Å². The second-order valence-corrected chi connectivity index (χ2v) is 6.73. The first kappa shape index (κ1) is 17.0. The summed E-state index contributed by atoms with van der Waals surface area (Å²) in [5.41, 5.74) is 7.67. The van der Waals surface area contributed by atoms with Crippen LogP contribution in [0.2, 0.25) is 0 Å². The molecule has 1 atom stereocenters. The number of benzene rings is 2. The van der Waals surface area contributed by atoms with Gasteiger partial charge in [0.1, 0.15) is 0 Å². The molecule has 27 heavy (non-hydrogen) atoms. The van der Waals surface area contributed by atoms with Crippen molar-refractivity contribution in [3.8, 4) is 0 Å². The summed E-state index contributed by atoms with van der Waals surface area (Å²) in [5.74, 6) is -0.356. The third-order valence-corrected chi connectivity index (χ3v) is 4.76. The van der Waals surface area contributed by atoms with Gasteiger partial charge in [-0.25, -0.2) is 10.4 Å². The molecule has 1 amide bonds. The van der Waals surface area contributed by atoms with Crippen molar-refractivity contribution in [1.29, 1.82) is 0 Å². The van der Waals surface area contributed by atoms with Crippen LogP contribution in [0, 0.1) is 12.8 Å². The highest BCUT2D eigenvalue weighted by atomic mass is 16.2. The number of carbonyl (C=O) groups is 1.